The molecule has 0 aliphatic rings. The standard InChI is InChI=1S/C23H33F3N2O5/c1-6-33-20(31)22(32,23(24,25)26)16(14-10-13-15-11-8-7-9-12-15)18(29)28-17(19(30)27-5)21(2,3)4/h7-9,11-12,16-17,32H,6,10,13-14H2,1-5H3,(H,27,30)(H,28,29)/t16-,17+,22-/m0/s1. The van der Waals surface area contributed by atoms with Crippen LogP contribution in [0.2, 0.25) is 0 Å². The number of benzene rings is 1. The molecule has 0 unspecified atom stereocenters. The number of hydrogen-bond donors (Lipinski definition) is 3. The summed E-state index contributed by atoms with van der Waals surface area (Å²) in [6.45, 7) is 5.75. The summed E-state index contributed by atoms with van der Waals surface area (Å²) in [6, 6.07) is 7.67. The van der Waals surface area contributed by atoms with E-state index in [1.807, 2.05) is 0 Å². The molecule has 3 N–H and O–H groups in total. The lowest BCUT2D eigenvalue weighted by Gasteiger charge is -2.37. The zero-order valence-corrected chi connectivity index (χ0v) is 19.6. The van der Waals surface area contributed by atoms with Crippen molar-refractivity contribution in [2.24, 2.45) is 11.3 Å². The number of esters is 1. The molecule has 0 aliphatic carbocycles. The van der Waals surface area contributed by atoms with Gasteiger partial charge in [0.25, 0.3) is 5.60 Å². The van der Waals surface area contributed by atoms with Crippen molar-refractivity contribution in [3.8, 4) is 0 Å². The van der Waals surface area contributed by atoms with Crippen LogP contribution in [0.1, 0.15) is 46.1 Å². The van der Waals surface area contributed by atoms with Crippen LogP contribution in [-0.2, 0) is 25.5 Å². The van der Waals surface area contributed by atoms with Gasteiger partial charge in [0.05, 0.1) is 12.5 Å². The molecular formula is C23H33F3N2O5. The molecule has 7 nitrogen and oxygen atoms in total. The summed E-state index contributed by atoms with van der Waals surface area (Å²) in [4.78, 5) is 37.7. The van der Waals surface area contributed by atoms with Crippen LogP contribution in [0.4, 0.5) is 13.2 Å². The number of carbonyl (C=O) groups is 3. The number of nitrogens with one attached hydrogen (secondary N) is 2. The molecule has 1 rings (SSSR count). The second-order valence-corrected chi connectivity index (χ2v) is 8.84. The largest absolute Gasteiger partial charge is 0.464 e. The van der Waals surface area contributed by atoms with Gasteiger partial charge < -0.3 is 20.5 Å². The molecule has 1 aromatic carbocycles. The maximum absolute atomic E-state index is 14.0. The first-order valence-corrected chi connectivity index (χ1v) is 10.7. The first kappa shape index (κ1) is 28.4. The van der Waals surface area contributed by atoms with Gasteiger partial charge in [0.2, 0.25) is 11.8 Å². The Morgan fingerprint density at radius 3 is 2.09 bits per heavy atom. The Kier molecular flexibility index (Phi) is 9.89. The van der Waals surface area contributed by atoms with Gasteiger partial charge in [-0.3, -0.25) is 9.59 Å². The van der Waals surface area contributed by atoms with Crippen molar-refractivity contribution in [1.82, 2.24) is 10.6 Å². The van der Waals surface area contributed by atoms with E-state index in [9.17, 15) is 32.7 Å². The van der Waals surface area contributed by atoms with E-state index in [0.717, 1.165) is 5.56 Å². The molecule has 0 saturated heterocycles. The fourth-order valence-electron chi connectivity index (χ4n) is 3.44. The van der Waals surface area contributed by atoms with Crippen molar-refractivity contribution >= 4 is 17.8 Å². The van der Waals surface area contributed by atoms with Crippen molar-refractivity contribution < 1.29 is 37.4 Å². The first-order valence-electron chi connectivity index (χ1n) is 10.7. The van der Waals surface area contributed by atoms with E-state index in [0.29, 0.717) is 6.42 Å². The second kappa shape index (κ2) is 11.5. The van der Waals surface area contributed by atoms with Crippen LogP contribution in [0, 0.1) is 11.3 Å². The number of rotatable bonds is 10. The molecule has 0 fully saturated rings. The van der Waals surface area contributed by atoms with Gasteiger partial charge in [-0.1, -0.05) is 51.1 Å². The minimum Gasteiger partial charge on any atom is -0.464 e. The maximum Gasteiger partial charge on any atom is 0.429 e. The Morgan fingerprint density at radius 1 is 1.06 bits per heavy atom. The normalized spacial score (nSPS) is 15.7. The van der Waals surface area contributed by atoms with E-state index < -0.39 is 60.0 Å². The highest BCUT2D eigenvalue weighted by Crippen LogP contribution is 2.40. The van der Waals surface area contributed by atoms with E-state index in [-0.39, 0.29) is 6.42 Å². The second-order valence-electron chi connectivity index (χ2n) is 8.84. The summed E-state index contributed by atoms with van der Waals surface area (Å²) in [5.41, 5.74) is -4.11. The lowest BCUT2D eigenvalue weighted by molar-refractivity contribution is -0.277. The Balaban J connectivity index is 3.35. The molecule has 0 bridgehead atoms. The lowest BCUT2D eigenvalue weighted by Crippen LogP contribution is -2.64. The number of ether oxygens (including phenoxy) is 1. The van der Waals surface area contributed by atoms with Crippen LogP contribution >= 0.6 is 0 Å². The maximum atomic E-state index is 14.0. The molecule has 2 amide bonds. The van der Waals surface area contributed by atoms with E-state index in [1.54, 1.807) is 51.1 Å². The summed E-state index contributed by atoms with van der Waals surface area (Å²) in [7, 11) is 1.33. The first-order chi connectivity index (χ1) is 15.2. The zero-order chi connectivity index (χ0) is 25.4. The van der Waals surface area contributed by atoms with Crippen LogP contribution in [0.5, 0.6) is 0 Å². The van der Waals surface area contributed by atoms with E-state index in [1.165, 1.54) is 14.0 Å². The van der Waals surface area contributed by atoms with Gasteiger partial charge in [-0.2, -0.15) is 13.2 Å². The molecule has 0 aliphatic heterocycles. The number of halogens is 3. The van der Waals surface area contributed by atoms with Crippen LogP contribution in [0.25, 0.3) is 0 Å². The third-order valence-electron chi connectivity index (χ3n) is 5.30. The molecular weight excluding hydrogens is 441 g/mol. The molecule has 0 radical (unpaired) electrons. The molecule has 0 aromatic heterocycles. The lowest BCUT2D eigenvalue weighted by atomic mass is 9.80. The van der Waals surface area contributed by atoms with Gasteiger partial charge in [0.15, 0.2) is 0 Å². The minimum absolute atomic E-state index is 0.0695. The van der Waals surface area contributed by atoms with Gasteiger partial charge in [-0.15, -0.1) is 0 Å². The summed E-state index contributed by atoms with van der Waals surface area (Å²) in [5.74, 6) is -6.07. The Bertz CT molecular complexity index is 809. The summed E-state index contributed by atoms with van der Waals surface area (Å²) in [5, 5.41) is 15.3. The molecule has 33 heavy (non-hydrogen) atoms. The number of likely N-dealkylation sites (N-methyl/N-ethyl adjacent to an activating group) is 1. The van der Waals surface area contributed by atoms with Crippen LogP contribution in [0.15, 0.2) is 30.3 Å². The fourth-order valence-corrected chi connectivity index (χ4v) is 3.44. The van der Waals surface area contributed by atoms with Gasteiger partial charge in [-0.05, 0) is 37.2 Å². The van der Waals surface area contributed by atoms with E-state index >= 15 is 0 Å². The Morgan fingerprint density at radius 2 is 1.64 bits per heavy atom. The average molecular weight is 475 g/mol. The topological polar surface area (TPSA) is 105 Å². The van der Waals surface area contributed by atoms with E-state index in [4.69, 9.17) is 0 Å². The SMILES string of the molecule is CCOC(=O)[C@@](O)([C@@H](CCCc1ccccc1)C(=O)N[C@H](C(=O)NC)C(C)(C)C)C(F)(F)F. The predicted octanol–water partition coefficient (Wildman–Crippen LogP) is 2.76. The molecule has 1 aromatic rings. The van der Waals surface area contributed by atoms with Gasteiger partial charge in [0, 0.05) is 7.05 Å². The van der Waals surface area contributed by atoms with Crippen LogP contribution in [0.3, 0.4) is 0 Å². The minimum atomic E-state index is -5.49. The number of carbonyl (C=O) groups excluding carboxylic acids is 3. The average Bonchev–Trinajstić information content (AvgIpc) is 2.73. The fraction of sp³-hybridized carbons (Fsp3) is 0.609. The summed E-state index contributed by atoms with van der Waals surface area (Å²) >= 11 is 0. The predicted molar refractivity (Wildman–Crippen MR) is 116 cm³/mol. The van der Waals surface area contributed by atoms with Crippen LogP contribution < -0.4 is 10.6 Å². The quantitative estimate of drug-likeness (QED) is 0.453. The van der Waals surface area contributed by atoms with Crippen molar-refractivity contribution in [1.29, 1.82) is 0 Å². The Hall–Kier alpha value is -2.62. The van der Waals surface area contributed by atoms with E-state index in [2.05, 4.69) is 15.4 Å². The van der Waals surface area contributed by atoms with Gasteiger partial charge >= 0.3 is 12.1 Å². The summed E-state index contributed by atoms with van der Waals surface area (Å²) < 4.78 is 46.6. The number of hydrogen-bond acceptors (Lipinski definition) is 5. The molecule has 0 heterocycles. The monoisotopic (exact) mass is 474 g/mol. The van der Waals surface area contributed by atoms with Crippen molar-refractivity contribution in [2.75, 3.05) is 13.7 Å². The van der Waals surface area contributed by atoms with Crippen molar-refractivity contribution in [3.05, 3.63) is 35.9 Å². The number of aliphatic hydroxyl groups is 1. The molecule has 10 heteroatoms. The highest BCUT2D eigenvalue weighted by molar-refractivity contribution is 5.93. The van der Waals surface area contributed by atoms with Gasteiger partial charge in [0.1, 0.15) is 6.04 Å². The third-order valence-corrected chi connectivity index (χ3v) is 5.30. The van der Waals surface area contributed by atoms with Gasteiger partial charge in [-0.25, -0.2) is 4.79 Å². The highest BCUT2D eigenvalue weighted by atomic mass is 19.4. The Labute approximate surface area is 192 Å². The molecule has 3 atom stereocenters. The molecule has 186 valence electrons. The highest BCUT2D eigenvalue weighted by Gasteiger charge is 2.67. The summed E-state index contributed by atoms with van der Waals surface area (Å²) in [6.07, 6.45) is -5.57. The van der Waals surface area contributed by atoms with Crippen LogP contribution in [-0.4, -0.2) is 54.4 Å². The molecule has 0 spiro atoms. The van der Waals surface area contributed by atoms with Crippen molar-refractivity contribution in [2.45, 2.75) is 64.8 Å². The molecule has 0 saturated carbocycles. The number of alkyl halides is 3. The zero-order valence-electron chi connectivity index (χ0n) is 19.6. The smallest absolute Gasteiger partial charge is 0.429 e. The van der Waals surface area contributed by atoms with Crippen molar-refractivity contribution in [3.63, 3.8) is 0 Å². The number of aryl methyl sites for hydroxylation is 1. The third kappa shape index (κ3) is 7.18. The number of amides is 2.